The molecule has 1 heterocycles. The molecule has 1 N–H and O–H groups in total. The number of pyridine rings is 1. The fraction of sp³-hybridized carbons (Fsp3) is 0.0714. The number of carbonyl (C=O) groups is 1. The fourth-order valence-electron chi connectivity index (χ4n) is 1.63. The van der Waals surface area contributed by atoms with E-state index in [2.05, 4.69) is 10.3 Å². The Morgan fingerprint density at radius 2 is 2.10 bits per heavy atom. The second kappa shape index (κ2) is 6.13. The van der Waals surface area contributed by atoms with Gasteiger partial charge < -0.3 is 5.32 Å². The molecule has 0 aliphatic heterocycles. The molecule has 1 unspecified atom stereocenters. The van der Waals surface area contributed by atoms with E-state index < -0.39 is 17.8 Å². The summed E-state index contributed by atoms with van der Waals surface area (Å²) in [4.78, 5) is 15.6. The van der Waals surface area contributed by atoms with Crippen LogP contribution in [0.2, 0.25) is 5.15 Å². The number of hydrogen-bond acceptors (Lipinski definition) is 3. The van der Waals surface area contributed by atoms with Gasteiger partial charge >= 0.3 is 0 Å². The highest BCUT2D eigenvalue weighted by molar-refractivity contribution is 6.32. The van der Waals surface area contributed by atoms with Gasteiger partial charge in [0.05, 0.1) is 17.8 Å². The second-order valence-corrected chi connectivity index (χ2v) is 4.30. The predicted molar refractivity (Wildman–Crippen MR) is 71.5 cm³/mol. The van der Waals surface area contributed by atoms with Crippen LogP contribution in [-0.2, 0) is 0 Å². The van der Waals surface area contributed by atoms with Crippen LogP contribution in [0.1, 0.15) is 22.0 Å². The standard InChI is InChI=1S/C14H9ClFN3O/c15-13-11(6-10(16)8-18-13)14(20)19-12(7-17)9-4-2-1-3-5-9/h1-6,8,12H,(H,19,20). The highest BCUT2D eigenvalue weighted by Gasteiger charge is 2.18. The lowest BCUT2D eigenvalue weighted by atomic mass is 10.1. The van der Waals surface area contributed by atoms with E-state index in [1.54, 1.807) is 30.3 Å². The van der Waals surface area contributed by atoms with Crippen LogP contribution in [0.25, 0.3) is 0 Å². The van der Waals surface area contributed by atoms with Crippen molar-refractivity contribution in [2.45, 2.75) is 6.04 Å². The molecule has 0 bridgehead atoms. The Bertz CT molecular complexity index is 670. The average Bonchev–Trinajstić information content (AvgIpc) is 2.48. The molecule has 6 heteroatoms. The molecular weight excluding hydrogens is 281 g/mol. The number of aromatic nitrogens is 1. The first kappa shape index (κ1) is 14.0. The Kier molecular flexibility index (Phi) is 4.28. The van der Waals surface area contributed by atoms with Gasteiger partial charge in [0.1, 0.15) is 17.0 Å². The van der Waals surface area contributed by atoms with Crippen LogP contribution in [-0.4, -0.2) is 10.9 Å². The van der Waals surface area contributed by atoms with Crippen molar-refractivity contribution in [1.29, 1.82) is 5.26 Å². The Hall–Kier alpha value is -2.45. The molecule has 1 aromatic carbocycles. The molecule has 1 atom stereocenters. The van der Waals surface area contributed by atoms with Crippen LogP contribution < -0.4 is 5.32 Å². The second-order valence-electron chi connectivity index (χ2n) is 3.94. The normalized spacial score (nSPS) is 11.4. The molecule has 1 aromatic heterocycles. The van der Waals surface area contributed by atoms with Crippen molar-refractivity contribution in [2.75, 3.05) is 0 Å². The van der Waals surface area contributed by atoms with Crippen molar-refractivity contribution in [3.63, 3.8) is 0 Å². The first-order valence-corrected chi connectivity index (χ1v) is 6.06. The van der Waals surface area contributed by atoms with Crippen molar-refractivity contribution in [3.05, 3.63) is 64.7 Å². The molecule has 0 aliphatic rings. The van der Waals surface area contributed by atoms with E-state index in [0.29, 0.717) is 5.56 Å². The SMILES string of the molecule is N#CC(NC(=O)c1cc(F)cnc1Cl)c1ccccc1. The highest BCUT2D eigenvalue weighted by atomic mass is 35.5. The van der Waals surface area contributed by atoms with E-state index in [1.807, 2.05) is 6.07 Å². The lowest BCUT2D eigenvalue weighted by molar-refractivity contribution is 0.0944. The zero-order valence-corrected chi connectivity index (χ0v) is 10.9. The Balaban J connectivity index is 2.22. The van der Waals surface area contributed by atoms with Crippen LogP contribution in [0.4, 0.5) is 4.39 Å². The van der Waals surface area contributed by atoms with Gasteiger partial charge in [-0.2, -0.15) is 5.26 Å². The van der Waals surface area contributed by atoms with E-state index in [0.717, 1.165) is 12.3 Å². The first-order chi connectivity index (χ1) is 9.61. The Morgan fingerprint density at radius 1 is 1.40 bits per heavy atom. The summed E-state index contributed by atoms with van der Waals surface area (Å²) < 4.78 is 13.1. The van der Waals surface area contributed by atoms with Crippen molar-refractivity contribution in [3.8, 4) is 6.07 Å². The van der Waals surface area contributed by atoms with Crippen LogP contribution in [0, 0.1) is 17.1 Å². The van der Waals surface area contributed by atoms with Gasteiger partial charge in [0.15, 0.2) is 0 Å². The van der Waals surface area contributed by atoms with E-state index in [1.165, 1.54) is 0 Å². The van der Waals surface area contributed by atoms with Crippen LogP contribution in [0.15, 0.2) is 42.6 Å². The minimum atomic E-state index is -0.844. The minimum Gasteiger partial charge on any atom is -0.332 e. The van der Waals surface area contributed by atoms with Gasteiger partial charge in [-0.25, -0.2) is 9.37 Å². The molecule has 1 amide bonds. The number of nitriles is 1. The molecule has 0 saturated carbocycles. The van der Waals surface area contributed by atoms with Crippen LogP contribution in [0.3, 0.4) is 0 Å². The number of rotatable bonds is 3. The number of amides is 1. The molecule has 2 aromatic rings. The zero-order chi connectivity index (χ0) is 14.5. The lowest BCUT2D eigenvalue weighted by Crippen LogP contribution is -2.28. The number of benzene rings is 1. The molecule has 0 saturated heterocycles. The third-order valence-electron chi connectivity index (χ3n) is 2.59. The maximum atomic E-state index is 13.1. The van der Waals surface area contributed by atoms with Gasteiger partial charge in [0, 0.05) is 0 Å². The zero-order valence-electron chi connectivity index (χ0n) is 10.2. The summed E-state index contributed by atoms with van der Waals surface area (Å²) in [7, 11) is 0. The molecule has 0 fully saturated rings. The Morgan fingerprint density at radius 3 is 2.75 bits per heavy atom. The molecule has 2 rings (SSSR count). The number of nitrogens with zero attached hydrogens (tertiary/aromatic N) is 2. The van der Waals surface area contributed by atoms with Gasteiger partial charge in [-0.15, -0.1) is 0 Å². The van der Waals surface area contributed by atoms with Gasteiger partial charge in [0.25, 0.3) is 5.91 Å². The molecular formula is C14H9ClFN3O. The van der Waals surface area contributed by atoms with Crippen LogP contribution >= 0.6 is 11.6 Å². The van der Waals surface area contributed by atoms with Crippen LogP contribution in [0.5, 0.6) is 0 Å². The van der Waals surface area contributed by atoms with Gasteiger partial charge in [-0.3, -0.25) is 4.79 Å². The summed E-state index contributed by atoms with van der Waals surface area (Å²) in [6, 6.07) is 10.8. The minimum absolute atomic E-state index is 0.108. The maximum Gasteiger partial charge on any atom is 0.255 e. The smallest absolute Gasteiger partial charge is 0.255 e. The van der Waals surface area contributed by atoms with E-state index >= 15 is 0 Å². The van der Waals surface area contributed by atoms with Gasteiger partial charge in [-0.05, 0) is 11.6 Å². The summed E-state index contributed by atoms with van der Waals surface area (Å²) in [6.45, 7) is 0. The first-order valence-electron chi connectivity index (χ1n) is 5.68. The fourth-order valence-corrected chi connectivity index (χ4v) is 1.82. The summed E-state index contributed by atoms with van der Waals surface area (Å²) in [5, 5.41) is 11.5. The summed E-state index contributed by atoms with van der Waals surface area (Å²) in [5.74, 6) is -1.33. The molecule has 0 spiro atoms. The summed E-state index contributed by atoms with van der Waals surface area (Å²) >= 11 is 5.74. The third kappa shape index (κ3) is 3.11. The molecule has 20 heavy (non-hydrogen) atoms. The number of halogens is 2. The number of hydrogen-bond donors (Lipinski definition) is 1. The maximum absolute atomic E-state index is 13.1. The summed E-state index contributed by atoms with van der Waals surface area (Å²) in [6.07, 6.45) is 0.915. The highest BCUT2D eigenvalue weighted by Crippen LogP contribution is 2.16. The molecule has 100 valence electrons. The van der Waals surface area contributed by atoms with E-state index in [-0.39, 0.29) is 10.7 Å². The van der Waals surface area contributed by atoms with E-state index in [9.17, 15) is 9.18 Å². The predicted octanol–water partition coefficient (Wildman–Crippen LogP) is 2.87. The van der Waals surface area contributed by atoms with Gasteiger partial charge in [0.2, 0.25) is 0 Å². The van der Waals surface area contributed by atoms with Crippen molar-refractivity contribution in [2.24, 2.45) is 0 Å². The lowest BCUT2D eigenvalue weighted by Gasteiger charge is -2.12. The number of carbonyl (C=O) groups excluding carboxylic acids is 1. The topological polar surface area (TPSA) is 65.8 Å². The number of nitrogens with one attached hydrogen (secondary N) is 1. The van der Waals surface area contributed by atoms with Crippen molar-refractivity contribution < 1.29 is 9.18 Å². The monoisotopic (exact) mass is 289 g/mol. The van der Waals surface area contributed by atoms with E-state index in [4.69, 9.17) is 16.9 Å². The largest absolute Gasteiger partial charge is 0.332 e. The quantitative estimate of drug-likeness (QED) is 0.884. The molecule has 0 aliphatic carbocycles. The molecule has 0 radical (unpaired) electrons. The molecule has 4 nitrogen and oxygen atoms in total. The van der Waals surface area contributed by atoms with Gasteiger partial charge in [-0.1, -0.05) is 41.9 Å². The average molecular weight is 290 g/mol. The Labute approximate surface area is 119 Å². The van der Waals surface area contributed by atoms with Crippen molar-refractivity contribution >= 4 is 17.5 Å². The van der Waals surface area contributed by atoms with Crippen molar-refractivity contribution in [1.82, 2.24) is 10.3 Å². The summed E-state index contributed by atoms with van der Waals surface area (Å²) in [5.41, 5.74) is 0.520. The third-order valence-corrected chi connectivity index (χ3v) is 2.89.